The van der Waals surface area contributed by atoms with Crippen LogP contribution in [0.4, 0.5) is 0 Å². The first-order valence-corrected chi connectivity index (χ1v) is 9.72. The molecule has 1 aromatic heterocycles. The van der Waals surface area contributed by atoms with Gasteiger partial charge in [-0.15, -0.1) is 0 Å². The Labute approximate surface area is 153 Å². The number of benzene rings is 1. The maximum absolute atomic E-state index is 12.4. The highest BCUT2D eigenvalue weighted by Crippen LogP contribution is 2.28. The molecule has 0 aliphatic carbocycles. The molecular weight excluding hydrogens is 336 g/mol. The molecule has 1 N–H and O–H groups in total. The van der Waals surface area contributed by atoms with Gasteiger partial charge >= 0.3 is 0 Å². The molecule has 6 heteroatoms. The summed E-state index contributed by atoms with van der Waals surface area (Å²) in [6.07, 6.45) is 5.66. The topological polar surface area (TPSA) is 52.2 Å². The van der Waals surface area contributed by atoms with E-state index in [1.807, 2.05) is 23.1 Å². The minimum absolute atomic E-state index is 0.302. The van der Waals surface area contributed by atoms with Crippen molar-refractivity contribution < 1.29 is 4.79 Å². The second-order valence-electron chi connectivity index (χ2n) is 7.28. The Morgan fingerprint density at radius 1 is 1.16 bits per heavy atom. The summed E-state index contributed by atoms with van der Waals surface area (Å²) >= 11 is 6.05. The van der Waals surface area contributed by atoms with Crippen LogP contribution >= 0.6 is 11.6 Å². The Kier molecular flexibility index (Phi) is 4.95. The summed E-state index contributed by atoms with van der Waals surface area (Å²) in [7, 11) is 0. The fourth-order valence-corrected chi connectivity index (χ4v) is 4.17. The second-order valence-corrected chi connectivity index (χ2v) is 7.71. The van der Waals surface area contributed by atoms with Crippen LogP contribution in [0.5, 0.6) is 0 Å². The summed E-state index contributed by atoms with van der Waals surface area (Å²) in [5.74, 6) is 1.79. The van der Waals surface area contributed by atoms with Gasteiger partial charge in [0, 0.05) is 24.0 Å². The number of nitrogens with one attached hydrogen (secondary N) is 1. The Bertz CT molecular complexity index is 745. The molecule has 2 saturated heterocycles. The van der Waals surface area contributed by atoms with E-state index in [2.05, 4.69) is 9.88 Å². The van der Waals surface area contributed by atoms with Crippen molar-refractivity contribution in [3.05, 3.63) is 29.0 Å². The van der Waals surface area contributed by atoms with Gasteiger partial charge in [-0.25, -0.2) is 4.98 Å². The van der Waals surface area contributed by atoms with Crippen molar-refractivity contribution in [1.29, 1.82) is 0 Å². The number of likely N-dealkylation sites (tertiary alicyclic amines) is 2. The molecule has 2 aliphatic heterocycles. The highest BCUT2D eigenvalue weighted by Gasteiger charge is 2.26. The molecule has 1 amide bonds. The molecular formula is C19H25ClN4O. The molecule has 0 bridgehead atoms. The van der Waals surface area contributed by atoms with Gasteiger partial charge in [0.1, 0.15) is 5.82 Å². The van der Waals surface area contributed by atoms with Crippen LogP contribution in [0.2, 0.25) is 5.02 Å². The average molecular weight is 361 g/mol. The first-order valence-electron chi connectivity index (χ1n) is 9.34. The molecule has 2 aliphatic rings. The number of rotatable bonds is 3. The van der Waals surface area contributed by atoms with Crippen LogP contribution in [0.15, 0.2) is 18.2 Å². The maximum Gasteiger partial charge on any atom is 0.236 e. The number of fused-ring (bicyclic) bond motifs is 1. The first kappa shape index (κ1) is 16.9. The summed E-state index contributed by atoms with van der Waals surface area (Å²) in [5.41, 5.74) is 1.98. The van der Waals surface area contributed by atoms with Gasteiger partial charge < -0.3 is 9.88 Å². The predicted molar refractivity (Wildman–Crippen MR) is 99.9 cm³/mol. The van der Waals surface area contributed by atoms with E-state index in [-0.39, 0.29) is 0 Å². The molecule has 0 radical (unpaired) electrons. The van der Waals surface area contributed by atoms with Gasteiger partial charge in [0.05, 0.1) is 17.6 Å². The molecule has 4 rings (SSSR count). The summed E-state index contributed by atoms with van der Waals surface area (Å²) < 4.78 is 0. The summed E-state index contributed by atoms with van der Waals surface area (Å²) in [6.45, 7) is 4.38. The van der Waals surface area contributed by atoms with Crippen molar-refractivity contribution in [1.82, 2.24) is 19.8 Å². The van der Waals surface area contributed by atoms with Crippen molar-refractivity contribution in [2.24, 2.45) is 0 Å². The molecule has 0 unspecified atom stereocenters. The monoisotopic (exact) mass is 360 g/mol. The number of halogens is 1. The van der Waals surface area contributed by atoms with E-state index in [1.165, 1.54) is 6.42 Å². The van der Waals surface area contributed by atoms with Crippen molar-refractivity contribution in [2.75, 3.05) is 32.7 Å². The zero-order valence-electron chi connectivity index (χ0n) is 14.5. The summed E-state index contributed by atoms with van der Waals surface area (Å²) in [4.78, 5) is 24.9. The van der Waals surface area contributed by atoms with E-state index in [0.717, 1.165) is 73.7 Å². The Morgan fingerprint density at radius 3 is 2.68 bits per heavy atom. The van der Waals surface area contributed by atoms with Gasteiger partial charge in [-0.3, -0.25) is 9.69 Å². The van der Waals surface area contributed by atoms with Crippen LogP contribution in [0.3, 0.4) is 0 Å². The fourth-order valence-electron chi connectivity index (χ4n) is 3.99. The number of piperidine rings is 2. The molecule has 5 nitrogen and oxygen atoms in total. The summed E-state index contributed by atoms with van der Waals surface area (Å²) in [5, 5.41) is 0.730. The number of nitrogens with zero attached hydrogens (tertiary/aromatic N) is 3. The van der Waals surface area contributed by atoms with Crippen LogP contribution in [0, 0.1) is 0 Å². The third-order valence-corrected chi connectivity index (χ3v) is 5.74. The van der Waals surface area contributed by atoms with E-state index in [4.69, 9.17) is 16.6 Å². The molecule has 2 aromatic rings. The number of imidazole rings is 1. The molecule has 25 heavy (non-hydrogen) atoms. The van der Waals surface area contributed by atoms with E-state index >= 15 is 0 Å². The second kappa shape index (κ2) is 7.34. The van der Waals surface area contributed by atoms with Crippen LogP contribution in [0.1, 0.15) is 43.8 Å². The number of carbonyl (C=O) groups is 1. The van der Waals surface area contributed by atoms with Gasteiger partial charge in [0.2, 0.25) is 5.91 Å². The number of hydrogen-bond donors (Lipinski definition) is 1. The normalized spacial score (nSPS) is 20.3. The molecule has 3 heterocycles. The average Bonchev–Trinajstić information content (AvgIpc) is 3.06. The maximum atomic E-state index is 12.4. The zero-order valence-corrected chi connectivity index (χ0v) is 15.3. The van der Waals surface area contributed by atoms with Gasteiger partial charge in [-0.05, 0) is 63.4 Å². The summed E-state index contributed by atoms with van der Waals surface area (Å²) in [6, 6.07) is 5.77. The lowest BCUT2D eigenvalue weighted by molar-refractivity contribution is -0.133. The Morgan fingerprint density at radius 2 is 1.92 bits per heavy atom. The third-order valence-electron chi connectivity index (χ3n) is 5.50. The van der Waals surface area contributed by atoms with Gasteiger partial charge in [-0.1, -0.05) is 11.6 Å². The Balaban J connectivity index is 1.33. The molecule has 0 saturated carbocycles. The number of amides is 1. The lowest BCUT2D eigenvalue weighted by Crippen LogP contribution is -2.44. The SMILES string of the molecule is O=C(CN1CCC(c2nc3ccc(Cl)cc3[nH]2)CC1)N1CCCCC1. The van der Waals surface area contributed by atoms with Gasteiger partial charge in [-0.2, -0.15) is 0 Å². The van der Waals surface area contributed by atoms with Crippen molar-refractivity contribution in [3.8, 4) is 0 Å². The van der Waals surface area contributed by atoms with Crippen molar-refractivity contribution in [3.63, 3.8) is 0 Å². The largest absolute Gasteiger partial charge is 0.342 e. The highest BCUT2D eigenvalue weighted by atomic mass is 35.5. The number of aromatic amines is 1. The lowest BCUT2D eigenvalue weighted by atomic mass is 9.96. The molecule has 1 aromatic carbocycles. The molecule has 134 valence electrons. The number of hydrogen-bond acceptors (Lipinski definition) is 3. The van der Waals surface area contributed by atoms with Crippen LogP contribution in [0.25, 0.3) is 11.0 Å². The van der Waals surface area contributed by atoms with Crippen molar-refractivity contribution >= 4 is 28.5 Å². The van der Waals surface area contributed by atoms with Crippen molar-refractivity contribution in [2.45, 2.75) is 38.0 Å². The van der Waals surface area contributed by atoms with E-state index < -0.39 is 0 Å². The van der Waals surface area contributed by atoms with Gasteiger partial charge in [0.25, 0.3) is 0 Å². The van der Waals surface area contributed by atoms with Gasteiger partial charge in [0.15, 0.2) is 0 Å². The Hall–Kier alpha value is -1.59. The molecule has 0 atom stereocenters. The zero-order chi connectivity index (χ0) is 17.2. The smallest absolute Gasteiger partial charge is 0.236 e. The van der Waals surface area contributed by atoms with E-state index in [9.17, 15) is 4.79 Å². The molecule has 2 fully saturated rings. The third kappa shape index (κ3) is 3.82. The first-order chi connectivity index (χ1) is 12.2. The number of H-pyrrole nitrogens is 1. The quantitative estimate of drug-likeness (QED) is 0.912. The van der Waals surface area contributed by atoms with Crippen LogP contribution in [-0.4, -0.2) is 58.4 Å². The van der Waals surface area contributed by atoms with Crippen LogP contribution in [-0.2, 0) is 4.79 Å². The lowest BCUT2D eigenvalue weighted by Gasteiger charge is -2.33. The molecule has 0 spiro atoms. The van der Waals surface area contributed by atoms with E-state index in [0.29, 0.717) is 18.4 Å². The minimum atomic E-state index is 0.302. The standard InChI is InChI=1S/C19H25ClN4O/c20-15-4-5-16-17(12-15)22-19(21-16)14-6-10-23(11-7-14)13-18(25)24-8-2-1-3-9-24/h4-5,12,14H,1-3,6-11,13H2,(H,21,22). The van der Waals surface area contributed by atoms with Crippen LogP contribution < -0.4 is 0 Å². The number of aromatic nitrogens is 2. The minimum Gasteiger partial charge on any atom is -0.342 e. The predicted octanol–water partition coefficient (Wildman–Crippen LogP) is 3.41. The van der Waals surface area contributed by atoms with E-state index in [1.54, 1.807) is 0 Å². The fraction of sp³-hybridized carbons (Fsp3) is 0.579. The number of carbonyl (C=O) groups excluding carboxylic acids is 1. The highest BCUT2D eigenvalue weighted by molar-refractivity contribution is 6.31.